The number of carbonyl (C=O) groups excluding carboxylic acids is 1. The van der Waals surface area contributed by atoms with Crippen LogP contribution in [0.1, 0.15) is 12.7 Å². The van der Waals surface area contributed by atoms with Gasteiger partial charge >= 0.3 is 6.18 Å². The first kappa shape index (κ1) is 16.3. The van der Waals surface area contributed by atoms with Crippen LogP contribution in [0.2, 0.25) is 0 Å². The maximum absolute atomic E-state index is 13.1. The maximum Gasteiger partial charge on any atom is 0.449 e. The molecule has 1 amide bonds. The van der Waals surface area contributed by atoms with Gasteiger partial charge in [0.25, 0.3) is 0 Å². The number of hydrogen-bond acceptors (Lipinski definition) is 3. The molecule has 2 aromatic rings. The Labute approximate surface area is 125 Å². The molecule has 0 bridgehead atoms. The lowest BCUT2D eigenvalue weighted by Crippen LogP contribution is -2.38. The van der Waals surface area contributed by atoms with Gasteiger partial charge in [-0.15, -0.1) is 0 Å². The normalized spacial score (nSPS) is 13.3. The number of benzene rings is 1. The van der Waals surface area contributed by atoms with Gasteiger partial charge in [-0.2, -0.15) is 13.2 Å². The highest BCUT2D eigenvalue weighted by molar-refractivity contribution is 5.81. The lowest BCUT2D eigenvalue weighted by molar-refractivity contribution is -0.147. The number of fused-ring (bicyclic) bond motifs is 1. The molecule has 0 fully saturated rings. The van der Waals surface area contributed by atoms with Gasteiger partial charge in [0.1, 0.15) is 6.54 Å². The topological polar surface area (TPSA) is 56.1 Å². The summed E-state index contributed by atoms with van der Waals surface area (Å²) in [6, 6.07) is 5.89. The first-order valence-electron chi connectivity index (χ1n) is 6.63. The van der Waals surface area contributed by atoms with E-state index < -0.39 is 24.5 Å². The van der Waals surface area contributed by atoms with E-state index in [-0.39, 0.29) is 23.7 Å². The first-order valence-corrected chi connectivity index (χ1v) is 6.63. The summed E-state index contributed by atoms with van der Waals surface area (Å²) < 4.78 is 45.0. The van der Waals surface area contributed by atoms with Crippen molar-refractivity contribution >= 4 is 16.9 Å². The summed E-state index contributed by atoms with van der Waals surface area (Å²) >= 11 is 0. The van der Waals surface area contributed by atoms with Crippen molar-refractivity contribution in [3.63, 3.8) is 0 Å². The number of ether oxygens (including phenoxy) is 1. The lowest BCUT2D eigenvalue weighted by atomic mass is 10.3. The van der Waals surface area contributed by atoms with Crippen molar-refractivity contribution in [3.05, 3.63) is 30.1 Å². The van der Waals surface area contributed by atoms with E-state index in [0.717, 1.165) is 4.57 Å². The molecule has 1 aromatic carbocycles. The van der Waals surface area contributed by atoms with Crippen molar-refractivity contribution in [1.82, 2.24) is 14.9 Å². The zero-order valence-electron chi connectivity index (χ0n) is 12.1. The summed E-state index contributed by atoms with van der Waals surface area (Å²) in [4.78, 5) is 15.5. The predicted octanol–water partition coefficient (Wildman–Crippen LogP) is 2.21. The van der Waals surface area contributed by atoms with Crippen LogP contribution in [0, 0.1) is 0 Å². The van der Waals surface area contributed by atoms with Gasteiger partial charge in [-0.3, -0.25) is 4.79 Å². The average Bonchev–Trinajstić information content (AvgIpc) is 2.78. The summed E-state index contributed by atoms with van der Waals surface area (Å²) in [5, 5.41) is 2.58. The van der Waals surface area contributed by atoms with Crippen LogP contribution in [0.4, 0.5) is 13.2 Å². The van der Waals surface area contributed by atoms with Crippen LogP contribution in [0.25, 0.3) is 11.0 Å². The van der Waals surface area contributed by atoms with Crippen LogP contribution in [-0.4, -0.2) is 35.2 Å². The van der Waals surface area contributed by atoms with E-state index in [1.807, 2.05) is 0 Å². The van der Waals surface area contributed by atoms with Gasteiger partial charge in [-0.1, -0.05) is 12.1 Å². The van der Waals surface area contributed by atoms with Crippen LogP contribution in [0.15, 0.2) is 24.3 Å². The molecule has 0 saturated carbocycles. The molecular weight excluding hydrogens is 299 g/mol. The molecule has 8 heteroatoms. The fourth-order valence-electron chi connectivity index (χ4n) is 2.21. The molecule has 0 aliphatic rings. The zero-order chi connectivity index (χ0) is 16.3. The number of carbonyl (C=O) groups is 1. The maximum atomic E-state index is 13.1. The number of halogens is 3. The molecule has 0 radical (unpaired) electrons. The second-order valence-electron chi connectivity index (χ2n) is 4.93. The van der Waals surface area contributed by atoms with Gasteiger partial charge in [0, 0.05) is 13.2 Å². The Morgan fingerprint density at radius 2 is 2.09 bits per heavy atom. The van der Waals surface area contributed by atoms with Crippen molar-refractivity contribution in [2.24, 2.45) is 0 Å². The van der Waals surface area contributed by atoms with Gasteiger partial charge in [-0.05, 0) is 19.1 Å². The molecule has 0 aliphatic carbocycles. The van der Waals surface area contributed by atoms with Crippen molar-refractivity contribution in [2.75, 3.05) is 13.7 Å². The summed E-state index contributed by atoms with van der Waals surface area (Å²) in [5.41, 5.74) is 0.469. The molecule has 1 aromatic heterocycles. The summed E-state index contributed by atoms with van der Waals surface area (Å²) in [6.45, 7) is 1.53. The summed E-state index contributed by atoms with van der Waals surface area (Å²) in [7, 11) is 1.48. The SMILES string of the molecule is COC[C@@H](C)NC(=O)Cn1c(C(F)(F)F)nc2ccccc21. The molecule has 0 unspecified atom stereocenters. The average molecular weight is 315 g/mol. The number of para-hydroxylation sites is 2. The molecule has 0 aliphatic heterocycles. The number of amides is 1. The summed E-state index contributed by atoms with van der Waals surface area (Å²) in [6.07, 6.45) is -4.63. The standard InChI is InChI=1S/C14H16F3N3O2/c1-9(8-22-2)18-12(21)7-20-11-6-4-3-5-10(11)19-13(20)14(15,16)17/h3-6,9H,7-8H2,1-2H3,(H,18,21)/t9-/m1/s1. The Balaban J connectivity index is 2.31. The van der Waals surface area contributed by atoms with Gasteiger partial charge in [0.05, 0.1) is 17.6 Å². The Morgan fingerprint density at radius 3 is 2.73 bits per heavy atom. The number of nitrogens with zero attached hydrogens (tertiary/aromatic N) is 2. The van der Waals surface area contributed by atoms with Crippen LogP contribution >= 0.6 is 0 Å². The van der Waals surface area contributed by atoms with Crippen molar-refractivity contribution in [1.29, 1.82) is 0 Å². The highest BCUT2D eigenvalue weighted by Crippen LogP contribution is 2.31. The smallest absolute Gasteiger partial charge is 0.383 e. The Hall–Kier alpha value is -2.09. The van der Waals surface area contributed by atoms with Crippen LogP contribution in [0.5, 0.6) is 0 Å². The monoisotopic (exact) mass is 315 g/mol. The van der Waals surface area contributed by atoms with E-state index in [2.05, 4.69) is 10.3 Å². The third-order valence-corrected chi connectivity index (χ3v) is 3.03. The minimum Gasteiger partial charge on any atom is -0.383 e. The molecule has 1 heterocycles. The van der Waals surface area contributed by atoms with Gasteiger partial charge in [0.15, 0.2) is 0 Å². The Morgan fingerprint density at radius 1 is 1.41 bits per heavy atom. The second kappa shape index (κ2) is 6.35. The number of methoxy groups -OCH3 is 1. The number of alkyl halides is 3. The molecule has 1 N–H and O–H groups in total. The number of hydrogen-bond donors (Lipinski definition) is 1. The zero-order valence-corrected chi connectivity index (χ0v) is 12.1. The van der Waals surface area contributed by atoms with E-state index in [9.17, 15) is 18.0 Å². The van der Waals surface area contributed by atoms with E-state index in [0.29, 0.717) is 0 Å². The van der Waals surface area contributed by atoms with Crippen molar-refractivity contribution < 1.29 is 22.7 Å². The minimum absolute atomic E-state index is 0.201. The van der Waals surface area contributed by atoms with Gasteiger partial charge in [0.2, 0.25) is 11.7 Å². The minimum atomic E-state index is -4.63. The van der Waals surface area contributed by atoms with Crippen LogP contribution < -0.4 is 5.32 Å². The van der Waals surface area contributed by atoms with E-state index in [1.165, 1.54) is 19.2 Å². The predicted molar refractivity (Wildman–Crippen MR) is 74.2 cm³/mol. The number of nitrogens with one attached hydrogen (secondary N) is 1. The van der Waals surface area contributed by atoms with E-state index >= 15 is 0 Å². The largest absolute Gasteiger partial charge is 0.449 e. The first-order chi connectivity index (χ1) is 10.3. The molecule has 1 atom stereocenters. The number of aromatic nitrogens is 2. The van der Waals surface area contributed by atoms with E-state index in [4.69, 9.17) is 4.74 Å². The quantitative estimate of drug-likeness (QED) is 0.920. The van der Waals surface area contributed by atoms with Crippen LogP contribution in [-0.2, 0) is 22.3 Å². The van der Waals surface area contributed by atoms with Crippen LogP contribution in [0.3, 0.4) is 0 Å². The van der Waals surface area contributed by atoms with E-state index in [1.54, 1.807) is 19.1 Å². The van der Waals surface area contributed by atoms with Crippen molar-refractivity contribution in [3.8, 4) is 0 Å². The second-order valence-corrected chi connectivity index (χ2v) is 4.93. The van der Waals surface area contributed by atoms with Crippen molar-refractivity contribution in [2.45, 2.75) is 25.7 Å². The molecule has 5 nitrogen and oxygen atoms in total. The number of imidazole rings is 1. The molecule has 0 spiro atoms. The third kappa shape index (κ3) is 3.56. The fourth-order valence-corrected chi connectivity index (χ4v) is 2.21. The van der Waals surface area contributed by atoms with Gasteiger partial charge < -0.3 is 14.6 Å². The number of rotatable bonds is 5. The molecule has 2 rings (SSSR count). The summed E-state index contributed by atoms with van der Waals surface area (Å²) in [5.74, 6) is -1.61. The Kier molecular flexibility index (Phi) is 4.70. The highest BCUT2D eigenvalue weighted by atomic mass is 19.4. The third-order valence-electron chi connectivity index (χ3n) is 3.03. The molecule has 120 valence electrons. The molecule has 0 saturated heterocycles. The van der Waals surface area contributed by atoms with Gasteiger partial charge in [-0.25, -0.2) is 4.98 Å². The lowest BCUT2D eigenvalue weighted by Gasteiger charge is -2.15. The molecular formula is C14H16F3N3O2. The highest BCUT2D eigenvalue weighted by Gasteiger charge is 2.38. The molecule has 22 heavy (non-hydrogen) atoms. The Bertz CT molecular complexity index is 667. The fraction of sp³-hybridized carbons (Fsp3) is 0.429.